The number of halogens is 2. The first-order chi connectivity index (χ1) is 11.7. The molecule has 2 aromatic rings. The van der Waals surface area contributed by atoms with Crippen LogP contribution in [0.5, 0.6) is 11.5 Å². The molecular weight excluding hydrogens is 361 g/mol. The van der Waals surface area contributed by atoms with E-state index < -0.39 is 0 Å². The lowest BCUT2D eigenvalue weighted by atomic mass is 10.0. The van der Waals surface area contributed by atoms with E-state index in [2.05, 4.69) is 30.4 Å². The van der Waals surface area contributed by atoms with E-state index in [1.807, 2.05) is 12.1 Å². The predicted octanol–water partition coefficient (Wildman–Crippen LogP) is 4.19. The van der Waals surface area contributed by atoms with E-state index in [9.17, 15) is 0 Å². The first kappa shape index (κ1) is 19.9. The molecule has 0 spiro atoms. The fourth-order valence-corrected chi connectivity index (χ4v) is 3.02. The Bertz CT molecular complexity index is 690. The first-order valence-corrected chi connectivity index (χ1v) is 8.44. The van der Waals surface area contributed by atoms with Crippen LogP contribution in [-0.2, 0) is 4.74 Å². The van der Waals surface area contributed by atoms with Crippen molar-refractivity contribution in [3.8, 4) is 11.5 Å². The molecule has 1 heterocycles. The van der Waals surface area contributed by atoms with Gasteiger partial charge in [0.15, 0.2) is 17.6 Å². The van der Waals surface area contributed by atoms with E-state index in [-0.39, 0.29) is 24.6 Å². The highest BCUT2D eigenvalue weighted by Gasteiger charge is 2.29. The summed E-state index contributed by atoms with van der Waals surface area (Å²) in [4.78, 5) is 0. The van der Waals surface area contributed by atoms with Crippen molar-refractivity contribution in [2.24, 2.45) is 0 Å². The number of hydrogen-bond donors (Lipinski definition) is 1. The van der Waals surface area contributed by atoms with Gasteiger partial charge in [0.25, 0.3) is 0 Å². The van der Waals surface area contributed by atoms with Crippen LogP contribution in [0.15, 0.2) is 42.5 Å². The number of hydrogen-bond acceptors (Lipinski definition) is 4. The van der Waals surface area contributed by atoms with Gasteiger partial charge in [-0.3, -0.25) is 0 Å². The minimum Gasteiger partial charge on any atom is -0.493 e. The van der Waals surface area contributed by atoms with E-state index >= 15 is 0 Å². The van der Waals surface area contributed by atoms with Gasteiger partial charge < -0.3 is 19.5 Å². The zero-order chi connectivity index (χ0) is 16.9. The van der Waals surface area contributed by atoms with Crippen LogP contribution >= 0.6 is 24.0 Å². The molecule has 4 nitrogen and oxygen atoms in total. The fraction of sp³-hybridized carbons (Fsp3) is 0.368. The summed E-state index contributed by atoms with van der Waals surface area (Å²) in [5, 5.41) is 3.98. The molecule has 0 amide bonds. The number of ether oxygens (including phenoxy) is 3. The lowest BCUT2D eigenvalue weighted by Gasteiger charge is -2.32. The van der Waals surface area contributed by atoms with Crippen molar-refractivity contribution >= 4 is 24.0 Å². The van der Waals surface area contributed by atoms with Crippen LogP contribution in [0.2, 0.25) is 5.02 Å². The van der Waals surface area contributed by atoms with Crippen LogP contribution in [0.4, 0.5) is 0 Å². The van der Waals surface area contributed by atoms with E-state index in [4.69, 9.17) is 25.8 Å². The van der Waals surface area contributed by atoms with Crippen molar-refractivity contribution in [2.45, 2.75) is 19.1 Å². The predicted molar refractivity (Wildman–Crippen MR) is 102 cm³/mol. The number of aryl methyl sites for hydroxylation is 1. The van der Waals surface area contributed by atoms with Crippen LogP contribution in [0.3, 0.4) is 0 Å². The molecule has 2 atom stereocenters. The molecule has 6 heteroatoms. The van der Waals surface area contributed by atoms with Gasteiger partial charge in [-0.05, 0) is 24.6 Å². The molecule has 0 bridgehead atoms. The molecule has 0 saturated carbocycles. The van der Waals surface area contributed by atoms with Crippen LogP contribution in [0.1, 0.15) is 17.2 Å². The minimum atomic E-state index is -0.229. The summed E-state index contributed by atoms with van der Waals surface area (Å²) in [6.45, 7) is 4.35. The third-order valence-corrected chi connectivity index (χ3v) is 4.28. The van der Waals surface area contributed by atoms with Gasteiger partial charge in [0.1, 0.15) is 6.10 Å². The van der Waals surface area contributed by atoms with Gasteiger partial charge in [-0.25, -0.2) is 0 Å². The number of morpholine rings is 1. The molecule has 1 fully saturated rings. The van der Waals surface area contributed by atoms with Gasteiger partial charge in [-0.15, -0.1) is 12.4 Å². The zero-order valence-electron chi connectivity index (χ0n) is 14.3. The second kappa shape index (κ2) is 9.30. The lowest BCUT2D eigenvalue weighted by Crippen LogP contribution is -2.43. The quantitative estimate of drug-likeness (QED) is 0.839. The zero-order valence-corrected chi connectivity index (χ0v) is 15.9. The van der Waals surface area contributed by atoms with Crippen molar-refractivity contribution in [3.05, 3.63) is 58.6 Å². The Labute approximate surface area is 159 Å². The molecular formula is C19H23Cl2NO3. The van der Waals surface area contributed by atoms with Gasteiger partial charge in [0.05, 0.1) is 13.7 Å². The smallest absolute Gasteiger partial charge is 0.162 e. The standard InChI is InChI=1S/C19H22ClNO3.ClH/c1-13-4-3-5-14(10-13)19(18-12-21-8-9-23-18)24-16-7-6-15(20)11-17(16)22-2;/h3-7,10-11,18-19,21H,8-9,12H2,1-2H3;1H/t18-,19?;/m0./s1. The van der Waals surface area contributed by atoms with Crippen molar-refractivity contribution in [2.75, 3.05) is 26.8 Å². The number of methoxy groups -OCH3 is 1. The molecule has 1 saturated heterocycles. The Morgan fingerprint density at radius 3 is 2.72 bits per heavy atom. The van der Waals surface area contributed by atoms with Crippen LogP contribution in [0, 0.1) is 6.92 Å². The Morgan fingerprint density at radius 1 is 1.20 bits per heavy atom. The Morgan fingerprint density at radius 2 is 2.04 bits per heavy atom. The van der Waals surface area contributed by atoms with E-state index in [0.29, 0.717) is 23.1 Å². The highest BCUT2D eigenvalue weighted by Crippen LogP contribution is 2.35. The van der Waals surface area contributed by atoms with Crippen LogP contribution in [-0.4, -0.2) is 32.9 Å². The third-order valence-electron chi connectivity index (χ3n) is 4.04. The van der Waals surface area contributed by atoms with Crippen molar-refractivity contribution < 1.29 is 14.2 Å². The fourth-order valence-electron chi connectivity index (χ4n) is 2.86. The van der Waals surface area contributed by atoms with Crippen LogP contribution < -0.4 is 14.8 Å². The summed E-state index contributed by atoms with van der Waals surface area (Å²) in [5.41, 5.74) is 2.27. The lowest BCUT2D eigenvalue weighted by molar-refractivity contribution is -0.0438. The molecule has 0 aromatic heterocycles. The molecule has 0 aliphatic carbocycles. The molecule has 25 heavy (non-hydrogen) atoms. The monoisotopic (exact) mass is 383 g/mol. The summed E-state index contributed by atoms with van der Waals surface area (Å²) in [7, 11) is 1.61. The third kappa shape index (κ3) is 5.02. The largest absolute Gasteiger partial charge is 0.493 e. The van der Waals surface area contributed by atoms with Crippen molar-refractivity contribution in [1.29, 1.82) is 0 Å². The maximum Gasteiger partial charge on any atom is 0.162 e. The molecule has 1 unspecified atom stereocenters. The SMILES string of the molecule is COc1cc(Cl)ccc1OC(c1cccc(C)c1)[C@@H]1CNCCO1.Cl. The van der Waals surface area contributed by atoms with Gasteiger partial charge in [0, 0.05) is 24.2 Å². The molecule has 0 radical (unpaired) electrons. The highest BCUT2D eigenvalue weighted by molar-refractivity contribution is 6.30. The Balaban J connectivity index is 0.00000225. The second-order valence-electron chi connectivity index (χ2n) is 5.86. The molecule has 136 valence electrons. The summed E-state index contributed by atoms with van der Waals surface area (Å²) in [6.07, 6.45) is -0.297. The minimum absolute atomic E-state index is 0. The topological polar surface area (TPSA) is 39.7 Å². The summed E-state index contributed by atoms with van der Waals surface area (Å²) in [6, 6.07) is 13.7. The van der Waals surface area contributed by atoms with Gasteiger partial charge >= 0.3 is 0 Å². The summed E-state index contributed by atoms with van der Waals surface area (Å²) < 4.78 is 17.7. The average molecular weight is 384 g/mol. The van der Waals surface area contributed by atoms with Crippen LogP contribution in [0.25, 0.3) is 0 Å². The molecule has 1 N–H and O–H groups in total. The van der Waals surface area contributed by atoms with Gasteiger partial charge in [-0.2, -0.15) is 0 Å². The Kier molecular flexibility index (Phi) is 7.38. The maximum absolute atomic E-state index is 6.32. The summed E-state index contributed by atoms with van der Waals surface area (Å²) in [5.74, 6) is 1.27. The number of benzene rings is 2. The van der Waals surface area contributed by atoms with E-state index in [0.717, 1.165) is 18.7 Å². The van der Waals surface area contributed by atoms with E-state index in [1.165, 1.54) is 5.56 Å². The molecule has 3 rings (SSSR count). The van der Waals surface area contributed by atoms with Crippen molar-refractivity contribution in [3.63, 3.8) is 0 Å². The molecule has 1 aliphatic rings. The number of nitrogens with one attached hydrogen (secondary N) is 1. The van der Waals surface area contributed by atoms with Crippen molar-refractivity contribution in [1.82, 2.24) is 5.32 Å². The van der Waals surface area contributed by atoms with E-state index in [1.54, 1.807) is 19.2 Å². The highest BCUT2D eigenvalue weighted by atomic mass is 35.5. The first-order valence-electron chi connectivity index (χ1n) is 8.06. The normalized spacial score (nSPS) is 18.1. The Hall–Kier alpha value is -1.46. The second-order valence-corrected chi connectivity index (χ2v) is 6.30. The number of rotatable bonds is 5. The maximum atomic E-state index is 6.32. The molecule has 1 aliphatic heterocycles. The average Bonchev–Trinajstić information content (AvgIpc) is 2.61. The van der Waals surface area contributed by atoms with Gasteiger partial charge in [0.2, 0.25) is 0 Å². The molecule has 2 aromatic carbocycles. The summed E-state index contributed by atoms with van der Waals surface area (Å²) >= 11 is 6.05. The van der Waals surface area contributed by atoms with Gasteiger partial charge in [-0.1, -0.05) is 41.4 Å².